The number of piperidine rings is 1. The minimum absolute atomic E-state index is 0.0570. The Hall–Kier alpha value is -3.04. The molecule has 2 aromatic rings. The maximum absolute atomic E-state index is 12.1. The minimum atomic E-state index is -1.08. The number of hydrogen-bond acceptors (Lipinski definition) is 7. The van der Waals surface area contributed by atoms with Gasteiger partial charge in [0.25, 0.3) is 5.91 Å². The number of aromatic nitrogens is 5. The Morgan fingerprint density at radius 1 is 1.31 bits per heavy atom. The lowest BCUT2D eigenvalue weighted by molar-refractivity contribution is 0.0689. The van der Waals surface area contributed by atoms with E-state index in [1.54, 1.807) is 25.0 Å². The molecule has 138 valence electrons. The first-order valence-corrected chi connectivity index (χ1v) is 8.36. The van der Waals surface area contributed by atoms with Gasteiger partial charge >= 0.3 is 5.97 Å². The fraction of sp³-hybridized carbons (Fsp3) is 0.500. The summed E-state index contributed by atoms with van der Waals surface area (Å²) in [7, 11) is 3.36. The lowest BCUT2D eigenvalue weighted by atomic mass is 9.98. The Morgan fingerprint density at radius 3 is 2.81 bits per heavy atom. The second-order valence-corrected chi connectivity index (χ2v) is 6.55. The fourth-order valence-corrected chi connectivity index (χ4v) is 3.01. The summed E-state index contributed by atoms with van der Waals surface area (Å²) in [6.07, 6.45) is 6.54. The van der Waals surface area contributed by atoms with Gasteiger partial charge in [-0.15, -0.1) is 5.10 Å². The van der Waals surface area contributed by atoms with Gasteiger partial charge in [0.15, 0.2) is 5.69 Å². The summed E-state index contributed by atoms with van der Waals surface area (Å²) in [5.41, 5.74) is 0.260. The average Bonchev–Trinajstić information content (AvgIpc) is 3.10. The van der Waals surface area contributed by atoms with Crippen molar-refractivity contribution < 1.29 is 14.7 Å². The van der Waals surface area contributed by atoms with Crippen molar-refractivity contribution >= 4 is 17.7 Å². The summed E-state index contributed by atoms with van der Waals surface area (Å²) in [5.74, 6) is -0.315. The van der Waals surface area contributed by atoms with Crippen LogP contribution >= 0.6 is 0 Å². The molecular formula is C16H21N7O3. The Morgan fingerprint density at radius 2 is 2.12 bits per heavy atom. The van der Waals surface area contributed by atoms with Gasteiger partial charge in [0, 0.05) is 33.7 Å². The number of carboxylic acids is 1. The van der Waals surface area contributed by atoms with Crippen LogP contribution in [0.15, 0.2) is 18.6 Å². The van der Waals surface area contributed by atoms with E-state index in [2.05, 4.69) is 25.2 Å². The lowest BCUT2D eigenvalue weighted by Gasteiger charge is -2.33. The van der Waals surface area contributed by atoms with Crippen molar-refractivity contribution in [2.24, 2.45) is 5.92 Å². The molecule has 1 saturated heterocycles. The molecule has 0 aliphatic carbocycles. The molecule has 1 aliphatic heterocycles. The van der Waals surface area contributed by atoms with E-state index in [1.807, 2.05) is 0 Å². The van der Waals surface area contributed by atoms with E-state index in [0.717, 1.165) is 25.9 Å². The van der Waals surface area contributed by atoms with Gasteiger partial charge in [-0.3, -0.25) is 14.5 Å². The van der Waals surface area contributed by atoms with Crippen LogP contribution in [-0.4, -0.2) is 74.0 Å². The molecule has 10 heteroatoms. The van der Waals surface area contributed by atoms with E-state index < -0.39 is 5.97 Å². The first kappa shape index (κ1) is 17.8. The van der Waals surface area contributed by atoms with Crippen LogP contribution in [0.1, 0.15) is 33.8 Å². The molecule has 0 radical (unpaired) electrons. The van der Waals surface area contributed by atoms with Gasteiger partial charge in [-0.2, -0.15) is 0 Å². The molecule has 0 unspecified atom stereocenters. The highest BCUT2D eigenvalue weighted by atomic mass is 16.4. The summed E-state index contributed by atoms with van der Waals surface area (Å²) >= 11 is 0. The van der Waals surface area contributed by atoms with E-state index in [-0.39, 0.29) is 17.5 Å². The van der Waals surface area contributed by atoms with Gasteiger partial charge in [0.1, 0.15) is 11.5 Å². The number of hydrogen-bond donors (Lipinski definition) is 1. The van der Waals surface area contributed by atoms with Crippen LogP contribution in [0.2, 0.25) is 0 Å². The zero-order valence-electron chi connectivity index (χ0n) is 14.7. The van der Waals surface area contributed by atoms with E-state index in [9.17, 15) is 9.59 Å². The van der Waals surface area contributed by atoms with Gasteiger partial charge in [0.05, 0.1) is 18.6 Å². The largest absolute Gasteiger partial charge is 0.476 e. The SMILES string of the molecule is CN(C)C(=O)c1cncc(N2CCC[C@H](Cn3cc(C(=O)O)nn3)C2)n1. The highest BCUT2D eigenvalue weighted by Gasteiger charge is 2.23. The molecule has 3 heterocycles. The smallest absolute Gasteiger partial charge is 0.358 e. The van der Waals surface area contributed by atoms with Crippen molar-refractivity contribution in [1.82, 2.24) is 29.9 Å². The summed E-state index contributed by atoms with van der Waals surface area (Å²) in [5, 5.41) is 16.5. The van der Waals surface area contributed by atoms with Gasteiger partial charge < -0.3 is 14.9 Å². The van der Waals surface area contributed by atoms with Crippen molar-refractivity contribution in [3.05, 3.63) is 30.0 Å². The highest BCUT2D eigenvalue weighted by Crippen LogP contribution is 2.22. The molecule has 10 nitrogen and oxygen atoms in total. The predicted molar refractivity (Wildman–Crippen MR) is 92.0 cm³/mol. The standard InChI is InChI=1S/C16H21N7O3/c1-21(2)15(24)12-6-17-7-14(18-12)22-5-3-4-11(8-22)9-23-10-13(16(25)26)19-20-23/h6-7,10-11H,3-5,8-9H2,1-2H3,(H,25,26)/t11-/m0/s1. The molecule has 1 fully saturated rings. The maximum Gasteiger partial charge on any atom is 0.358 e. The second kappa shape index (κ2) is 7.46. The molecule has 0 aromatic carbocycles. The normalized spacial score (nSPS) is 17.2. The number of rotatable bonds is 5. The van der Waals surface area contributed by atoms with Crippen molar-refractivity contribution in [3.8, 4) is 0 Å². The van der Waals surface area contributed by atoms with Crippen molar-refractivity contribution in [2.75, 3.05) is 32.1 Å². The zero-order valence-corrected chi connectivity index (χ0v) is 14.7. The molecule has 1 amide bonds. The Balaban J connectivity index is 1.69. The Labute approximate surface area is 150 Å². The monoisotopic (exact) mass is 359 g/mol. The zero-order chi connectivity index (χ0) is 18.7. The van der Waals surface area contributed by atoms with Crippen molar-refractivity contribution in [1.29, 1.82) is 0 Å². The van der Waals surface area contributed by atoms with Gasteiger partial charge in [-0.05, 0) is 18.8 Å². The fourth-order valence-electron chi connectivity index (χ4n) is 3.01. The quantitative estimate of drug-likeness (QED) is 0.814. The number of aromatic carboxylic acids is 1. The van der Waals surface area contributed by atoms with Crippen LogP contribution in [0.5, 0.6) is 0 Å². The molecule has 3 rings (SSSR count). The van der Waals surface area contributed by atoms with Crippen LogP contribution in [-0.2, 0) is 6.54 Å². The summed E-state index contributed by atoms with van der Waals surface area (Å²) in [6.45, 7) is 2.15. The van der Waals surface area contributed by atoms with Crippen LogP contribution in [0.4, 0.5) is 5.82 Å². The van der Waals surface area contributed by atoms with Gasteiger partial charge in [-0.1, -0.05) is 5.21 Å². The van der Waals surface area contributed by atoms with Crippen molar-refractivity contribution in [2.45, 2.75) is 19.4 Å². The molecule has 0 saturated carbocycles. The van der Waals surface area contributed by atoms with E-state index >= 15 is 0 Å². The number of carboxylic acid groups (broad SMARTS) is 1. The number of anilines is 1. The molecule has 1 aliphatic rings. The number of amides is 1. The maximum atomic E-state index is 12.1. The van der Waals surface area contributed by atoms with E-state index in [1.165, 1.54) is 17.3 Å². The highest BCUT2D eigenvalue weighted by molar-refractivity contribution is 5.91. The number of nitrogens with zero attached hydrogens (tertiary/aromatic N) is 7. The predicted octanol–water partition coefficient (Wildman–Crippen LogP) is 0.385. The van der Waals surface area contributed by atoms with Crippen LogP contribution in [0.3, 0.4) is 0 Å². The summed E-state index contributed by atoms with van der Waals surface area (Å²) in [4.78, 5) is 35.2. The summed E-state index contributed by atoms with van der Waals surface area (Å²) in [6, 6.07) is 0. The van der Waals surface area contributed by atoms with Gasteiger partial charge in [0.2, 0.25) is 0 Å². The second-order valence-electron chi connectivity index (χ2n) is 6.55. The molecular weight excluding hydrogens is 338 g/mol. The molecule has 26 heavy (non-hydrogen) atoms. The Kier molecular flexibility index (Phi) is 5.10. The average molecular weight is 359 g/mol. The van der Waals surface area contributed by atoms with E-state index in [0.29, 0.717) is 18.1 Å². The molecule has 0 bridgehead atoms. The molecule has 1 atom stereocenters. The lowest BCUT2D eigenvalue weighted by Crippen LogP contribution is -2.38. The minimum Gasteiger partial charge on any atom is -0.476 e. The molecule has 1 N–H and O–H groups in total. The first-order valence-electron chi connectivity index (χ1n) is 8.36. The first-order chi connectivity index (χ1) is 12.4. The third-order valence-corrected chi connectivity index (χ3v) is 4.29. The summed E-state index contributed by atoms with van der Waals surface area (Å²) < 4.78 is 1.56. The van der Waals surface area contributed by atoms with Gasteiger partial charge in [-0.25, -0.2) is 9.78 Å². The topological polar surface area (TPSA) is 117 Å². The Bertz CT molecular complexity index is 805. The van der Waals surface area contributed by atoms with Crippen LogP contribution in [0.25, 0.3) is 0 Å². The number of carbonyl (C=O) groups excluding carboxylic acids is 1. The van der Waals surface area contributed by atoms with Crippen LogP contribution in [0, 0.1) is 5.92 Å². The molecule has 0 spiro atoms. The third-order valence-electron chi connectivity index (χ3n) is 4.29. The number of carbonyl (C=O) groups is 2. The molecule has 2 aromatic heterocycles. The van der Waals surface area contributed by atoms with E-state index in [4.69, 9.17) is 5.11 Å². The van der Waals surface area contributed by atoms with Crippen molar-refractivity contribution in [3.63, 3.8) is 0 Å². The van der Waals surface area contributed by atoms with Crippen LogP contribution < -0.4 is 4.90 Å². The third kappa shape index (κ3) is 3.95.